The maximum absolute atomic E-state index is 11.1. The van der Waals surface area contributed by atoms with Crippen LogP contribution in [0.3, 0.4) is 0 Å². The summed E-state index contributed by atoms with van der Waals surface area (Å²) in [6.07, 6.45) is 6.90. The average molecular weight is 342 g/mol. The average Bonchev–Trinajstić information content (AvgIpc) is 2.27. The maximum atomic E-state index is 11.1. The molecule has 0 aromatic rings. The number of allylic oxidation sites excluding steroid dienone is 5. The fraction of sp³-hybridized carbons (Fsp3) is 0.286. The van der Waals surface area contributed by atoms with Crippen LogP contribution >= 0.6 is 0 Å². The number of carboxylic acids is 1. The number of Topliss-reactive ketones (excluding diaryl/α,β-unsaturated/α-hetero) is 1. The largest absolute Gasteiger partial charge is 1.00 e. The second-order valence-electron chi connectivity index (χ2n) is 3.83. The molecular weight excluding hydrogens is 326 g/mol. The van der Waals surface area contributed by atoms with Gasteiger partial charge in [0.05, 0.1) is 5.97 Å². The summed E-state index contributed by atoms with van der Waals surface area (Å²) in [7, 11) is 0. The Morgan fingerprint density at radius 2 is 1.86 bits per heavy atom. The molecule has 1 aliphatic rings. The Balaban J connectivity index is -0.000000148. The first-order chi connectivity index (χ1) is 9.29. The van der Waals surface area contributed by atoms with Crippen molar-refractivity contribution in [2.24, 2.45) is 5.92 Å². The number of aliphatic carboxylic acids is 1. The van der Waals surface area contributed by atoms with E-state index in [1.54, 1.807) is 19.1 Å². The smallest absolute Gasteiger partial charge is 1.00 e. The van der Waals surface area contributed by atoms with E-state index in [-0.39, 0.29) is 88.1 Å². The quantitative estimate of drug-likeness (QED) is 0.167. The summed E-state index contributed by atoms with van der Waals surface area (Å²) in [6.45, 7) is 4.49. The van der Waals surface area contributed by atoms with Crippen molar-refractivity contribution in [1.82, 2.24) is 0 Å². The van der Waals surface area contributed by atoms with Crippen molar-refractivity contribution in [3.05, 3.63) is 36.1 Å². The Labute approximate surface area is 195 Å². The molecule has 1 rings (SSSR count). The number of cyclic esters (lactones) is 1. The van der Waals surface area contributed by atoms with Gasteiger partial charge in [0.1, 0.15) is 5.76 Å². The zero-order chi connectivity index (χ0) is 15.7. The zero-order valence-corrected chi connectivity index (χ0v) is 18.5. The Morgan fingerprint density at radius 3 is 2.23 bits per heavy atom. The predicted octanol–water partition coefficient (Wildman–Crippen LogP) is -5.79. The first-order valence-electron chi connectivity index (χ1n) is 5.74. The molecule has 0 N–H and O–H groups in total. The summed E-state index contributed by atoms with van der Waals surface area (Å²) in [6, 6.07) is 0. The van der Waals surface area contributed by atoms with Crippen molar-refractivity contribution in [3.63, 3.8) is 0 Å². The Bertz CT molecular complexity index is 513. The van der Waals surface area contributed by atoms with Crippen LogP contribution in [0.4, 0.5) is 0 Å². The van der Waals surface area contributed by atoms with E-state index in [0.29, 0.717) is 0 Å². The molecule has 0 aliphatic carbocycles. The van der Waals surface area contributed by atoms with Crippen LogP contribution in [0.5, 0.6) is 0 Å². The van der Waals surface area contributed by atoms with Crippen LogP contribution < -0.4 is 86.0 Å². The Kier molecular flexibility index (Phi) is 18.1. The van der Waals surface area contributed by atoms with Gasteiger partial charge in [-0.25, -0.2) is 0 Å². The molecule has 0 aromatic carbocycles. The van der Waals surface area contributed by atoms with Gasteiger partial charge < -0.3 is 16.1 Å². The summed E-state index contributed by atoms with van der Waals surface area (Å²) in [5.41, 5.74) is 0. The van der Waals surface area contributed by atoms with E-state index in [9.17, 15) is 24.3 Å². The fourth-order valence-corrected chi connectivity index (χ4v) is 1.26. The van der Waals surface area contributed by atoms with Crippen LogP contribution in [0.15, 0.2) is 36.1 Å². The second-order valence-corrected chi connectivity index (χ2v) is 3.83. The first-order valence-corrected chi connectivity index (χ1v) is 5.74. The van der Waals surface area contributed by atoms with Crippen molar-refractivity contribution in [1.29, 1.82) is 0 Å². The van der Waals surface area contributed by atoms with Crippen LogP contribution in [0.2, 0.25) is 0 Å². The first kappa shape index (κ1) is 27.0. The van der Waals surface area contributed by atoms with Gasteiger partial charge in [0.15, 0.2) is 17.5 Å². The molecule has 6 nitrogen and oxygen atoms in total. The topological polar surface area (TPSA) is 101 Å². The number of ketones is 2. The van der Waals surface area contributed by atoms with E-state index < -0.39 is 29.4 Å². The summed E-state index contributed by atoms with van der Waals surface area (Å²) in [5.74, 6) is -3.91. The predicted molar refractivity (Wildman–Crippen MR) is 69.1 cm³/mol. The molecule has 8 heteroatoms. The molecule has 0 spiro atoms. The van der Waals surface area contributed by atoms with Crippen molar-refractivity contribution < 1.29 is 111 Å². The van der Waals surface area contributed by atoms with E-state index in [2.05, 4.69) is 4.74 Å². The van der Waals surface area contributed by atoms with E-state index in [4.69, 9.17) is 0 Å². The van der Waals surface area contributed by atoms with Crippen LogP contribution in [0, 0.1) is 5.92 Å². The molecule has 1 atom stereocenters. The number of carbonyl (C=O) groups excluding carboxylic acids is 4. The molecule has 0 saturated carbocycles. The fourth-order valence-electron chi connectivity index (χ4n) is 1.26. The third-order valence-corrected chi connectivity index (χ3v) is 2.07. The molecule has 1 heterocycles. The van der Waals surface area contributed by atoms with Gasteiger partial charge in [-0.3, -0.25) is 14.4 Å². The summed E-state index contributed by atoms with van der Waals surface area (Å²) < 4.78 is 4.61. The van der Waals surface area contributed by atoms with Gasteiger partial charge in [0.2, 0.25) is 0 Å². The van der Waals surface area contributed by atoms with Gasteiger partial charge in [-0.2, -0.15) is 0 Å². The summed E-state index contributed by atoms with van der Waals surface area (Å²) in [5, 5.41) is 9.64. The van der Waals surface area contributed by atoms with Gasteiger partial charge in [-0.1, -0.05) is 18.2 Å². The molecule has 110 valence electrons. The van der Waals surface area contributed by atoms with E-state index >= 15 is 0 Å². The van der Waals surface area contributed by atoms with Gasteiger partial charge in [-0.05, 0) is 26.8 Å². The van der Waals surface area contributed by atoms with Gasteiger partial charge in [0.25, 0.3) is 0 Å². The minimum Gasteiger partial charge on any atom is -1.00 e. The maximum Gasteiger partial charge on any atom is 1.00 e. The third kappa shape index (κ3) is 11.7. The Hall–Kier alpha value is 0.136. The standard InChI is InChI=1S/C8H8O4.C6H8O2.K.Na.H/c1-4-3-6(10)7(5(2)9)8(11)12-4;1-2-3-4-5-6(7)8;;;/h3,7H,1-2H3;2-5H,1H3,(H,7,8);;;/q;;2*+1;-1/p-1. The molecule has 1 aliphatic heterocycles. The number of rotatable bonds is 3. The molecule has 22 heavy (non-hydrogen) atoms. The molecule has 0 radical (unpaired) electrons. The number of hydrogen-bond donors (Lipinski definition) is 0. The summed E-state index contributed by atoms with van der Waals surface area (Å²) >= 11 is 0. The summed E-state index contributed by atoms with van der Waals surface area (Å²) in [4.78, 5) is 42.4. The normalized spacial score (nSPS) is 16.7. The van der Waals surface area contributed by atoms with Crippen LogP contribution in [0.1, 0.15) is 22.2 Å². The van der Waals surface area contributed by atoms with Gasteiger partial charge in [-0.15, -0.1) is 0 Å². The number of ether oxygens (including phenoxy) is 1. The third-order valence-electron chi connectivity index (χ3n) is 2.07. The van der Waals surface area contributed by atoms with Crippen molar-refractivity contribution >= 4 is 23.5 Å². The van der Waals surface area contributed by atoms with Crippen LogP contribution in [-0.4, -0.2) is 23.5 Å². The number of carboxylic acid groups (broad SMARTS) is 1. The van der Waals surface area contributed by atoms with Gasteiger partial charge in [0, 0.05) is 6.08 Å². The molecular formula is C14H16KNaO6. The number of hydrogen-bond acceptors (Lipinski definition) is 6. The zero-order valence-electron chi connectivity index (χ0n) is 14.4. The molecule has 1 unspecified atom stereocenters. The van der Waals surface area contributed by atoms with Crippen molar-refractivity contribution in [3.8, 4) is 0 Å². The minimum atomic E-state index is -1.24. The minimum absolute atomic E-state index is 0. The molecule has 0 aromatic heterocycles. The second kappa shape index (κ2) is 14.7. The Morgan fingerprint density at radius 1 is 1.32 bits per heavy atom. The van der Waals surface area contributed by atoms with Gasteiger partial charge >= 0.3 is 86.9 Å². The van der Waals surface area contributed by atoms with E-state index in [1.807, 2.05) is 0 Å². The van der Waals surface area contributed by atoms with Crippen molar-refractivity contribution in [2.45, 2.75) is 20.8 Å². The number of esters is 1. The van der Waals surface area contributed by atoms with E-state index in [1.165, 1.54) is 19.9 Å². The molecule has 0 amide bonds. The molecule has 0 bridgehead atoms. The van der Waals surface area contributed by atoms with Crippen LogP contribution in [-0.2, 0) is 23.9 Å². The SMILES string of the molecule is CC(=O)C1C(=O)C=C(C)OC1=O.CC=CC=CC(=O)[O-].[H-].[K+].[Na+]. The van der Waals surface area contributed by atoms with Crippen molar-refractivity contribution in [2.75, 3.05) is 0 Å². The number of carbonyl (C=O) groups is 4. The molecule has 0 saturated heterocycles. The van der Waals surface area contributed by atoms with E-state index in [0.717, 1.165) is 12.2 Å². The van der Waals surface area contributed by atoms with Crippen LogP contribution in [0.25, 0.3) is 0 Å². The monoisotopic (exact) mass is 342 g/mol. The molecule has 0 fully saturated rings.